The maximum absolute atomic E-state index is 13.0. The molecule has 0 bridgehead atoms. The lowest BCUT2D eigenvalue weighted by Gasteiger charge is -2.26. The van der Waals surface area contributed by atoms with E-state index in [4.69, 9.17) is 0 Å². The number of hydrogen-bond donors (Lipinski definition) is 1. The second-order valence-electron chi connectivity index (χ2n) is 6.08. The molecule has 1 aromatic heterocycles. The van der Waals surface area contributed by atoms with Crippen LogP contribution in [0.5, 0.6) is 0 Å². The quantitative estimate of drug-likeness (QED) is 0.500. The van der Waals surface area contributed by atoms with Gasteiger partial charge in [-0.15, -0.1) is 0 Å². The molecule has 28 heavy (non-hydrogen) atoms. The van der Waals surface area contributed by atoms with Crippen molar-refractivity contribution in [2.24, 2.45) is 0 Å². The van der Waals surface area contributed by atoms with Gasteiger partial charge in [-0.3, -0.25) is 14.9 Å². The Kier molecular flexibility index (Phi) is 4.67. The molecule has 1 aliphatic heterocycles. The number of nitrogens with zero attached hydrogens (tertiary/aromatic N) is 2. The van der Waals surface area contributed by atoms with Crippen LogP contribution in [-0.2, 0) is 9.59 Å². The van der Waals surface area contributed by atoms with Gasteiger partial charge in [-0.2, -0.15) is 0 Å². The first kappa shape index (κ1) is 17.9. The molecule has 6 nitrogen and oxygen atoms in total. The Balaban J connectivity index is 1.76. The van der Waals surface area contributed by atoms with Crippen LogP contribution in [0, 0.1) is 0 Å². The highest BCUT2D eigenvalue weighted by Crippen LogP contribution is 2.25. The van der Waals surface area contributed by atoms with E-state index in [1.165, 1.54) is 6.08 Å². The van der Waals surface area contributed by atoms with Crippen LogP contribution in [0.2, 0.25) is 0 Å². The van der Waals surface area contributed by atoms with Gasteiger partial charge < -0.3 is 4.57 Å². The summed E-state index contributed by atoms with van der Waals surface area (Å²) in [5.41, 5.74) is 1.79. The molecule has 7 heteroatoms. The molecular weight excluding hydrogens is 422 g/mol. The average Bonchev–Trinajstić information content (AvgIpc) is 3.14. The standard InChI is InChI=1S/C21H14BrN3O3/c22-14-6-4-9-17(12-14)25-20(27)18(19(26)23-21(25)28)13-16-10-5-11-24(16)15-7-2-1-3-8-15/h1-13H,(H,23,26,28). The number of amides is 4. The van der Waals surface area contributed by atoms with E-state index in [0.29, 0.717) is 15.9 Å². The number of carbonyl (C=O) groups is 3. The smallest absolute Gasteiger partial charge is 0.317 e. The number of urea groups is 1. The summed E-state index contributed by atoms with van der Waals surface area (Å²) in [5.74, 6) is -1.39. The van der Waals surface area contributed by atoms with Crippen molar-refractivity contribution in [3.05, 3.63) is 88.7 Å². The van der Waals surface area contributed by atoms with Crippen molar-refractivity contribution >= 4 is 45.5 Å². The minimum Gasteiger partial charge on any atom is -0.317 e. The zero-order valence-electron chi connectivity index (χ0n) is 14.5. The molecule has 0 unspecified atom stereocenters. The van der Waals surface area contributed by atoms with Crippen LogP contribution in [-0.4, -0.2) is 22.4 Å². The number of halogens is 1. The van der Waals surface area contributed by atoms with Gasteiger partial charge in [-0.25, -0.2) is 9.69 Å². The number of nitrogens with one attached hydrogen (secondary N) is 1. The topological polar surface area (TPSA) is 71.4 Å². The zero-order chi connectivity index (χ0) is 19.7. The van der Waals surface area contributed by atoms with Crippen LogP contribution in [0.3, 0.4) is 0 Å². The van der Waals surface area contributed by atoms with Gasteiger partial charge in [0.05, 0.1) is 5.69 Å². The van der Waals surface area contributed by atoms with Crippen molar-refractivity contribution in [2.75, 3.05) is 4.90 Å². The third kappa shape index (κ3) is 3.27. The third-order valence-electron chi connectivity index (χ3n) is 4.27. The molecule has 4 rings (SSSR count). The Morgan fingerprint density at radius 3 is 2.36 bits per heavy atom. The first-order valence-electron chi connectivity index (χ1n) is 8.44. The minimum atomic E-state index is -0.774. The Bertz CT molecular complexity index is 1120. The summed E-state index contributed by atoms with van der Waals surface area (Å²) in [6.07, 6.45) is 3.33. The number of barbiturate groups is 1. The third-order valence-corrected chi connectivity index (χ3v) is 4.77. The van der Waals surface area contributed by atoms with Gasteiger partial charge in [0, 0.05) is 22.1 Å². The largest absolute Gasteiger partial charge is 0.335 e. The molecular formula is C21H14BrN3O3. The highest BCUT2D eigenvalue weighted by Gasteiger charge is 2.37. The van der Waals surface area contributed by atoms with E-state index >= 15 is 0 Å². The Morgan fingerprint density at radius 2 is 1.61 bits per heavy atom. The van der Waals surface area contributed by atoms with E-state index in [2.05, 4.69) is 21.2 Å². The lowest BCUT2D eigenvalue weighted by molar-refractivity contribution is -0.122. The van der Waals surface area contributed by atoms with Gasteiger partial charge in [-0.1, -0.05) is 40.2 Å². The number of aromatic nitrogens is 1. The summed E-state index contributed by atoms with van der Waals surface area (Å²) in [4.78, 5) is 38.6. The van der Waals surface area contributed by atoms with Crippen molar-refractivity contribution in [1.29, 1.82) is 0 Å². The summed E-state index contributed by atoms with van der Waals surface area (Å²) < 4.78 is 2.57. The Labute approximate surface area is 169 Å². The summed E-state index contributed by atoms with van der Waals surface area (Å²) in [5, 5.41) is 2.23. The van der Waals surface area contributed by atoms with Crippen molar-refractivity contribution in [2.45, 2.75) is 0 Å². The van der Waals surface area contributed by atoms with E-state index in [9.17, 15) is 14.4 Å². The summed E-state index contributed by atoms with van der Waals surface area (Å²) >= 11 is 3.33. The van der Waals surface area contributed by atoms with E-state index in [0.717, 1.165) is 10.6 Å². The van der Waals surface area contributed by atoms with Crippen LogP contribution >= 0.6 is 15.9 Å². The highest BCUT2D eigenvalue weighted by molar-refractivity contribution is 9.10. The van der Waals surface area contributed by atoms with Crippen molar-refractivity contribution in [3.63, 3.8) is 0 Å². The van der Waals surface area contributed by atoms with E-state index < -0.39 is 17.8 Å². The first-order valence-corrected chi connectivity index (χ1v) is 9.24. The number of benzene rings is 2. The van der Waals surface area contributed by atoms with Crippen LogP contribution in [0.15, 0.2) is 83.0 Å². The van der Waals surface area contributed by atoms with Crippen LogP contribution in [0.1, 0.15) is 5.69 Å². The highest BCUT2D eigenvalue weighted by atomic mass is 79.9. The summed E-state index contributed by atoms with van der Waals surface area (Å²) in [6.45, 7) is 0. The molecule has 1 fully saturated rings. The van der Waals surface area contributed by atoms with E-state index in [1.807, 2.05) is 47.2 Å². The van der Waals surface area contributed by atoms with Gasteiger partial charge >= 0.3 is 6.03 Å². The van der Waals surface area contributed by atoms with Crippen LogP contribution < -0.4 is 10.2 Å². The molecule has 1 aliphatic rings. The molecule has 1 N–H and O–H groups in total. The Morgan fingerprint density at radius 1 is 0.857 bits per heavy atom. The van der Waals surface area contributed by atoms with Crippen molar-refractivity contribution in [3.8, 4) is 5.69 Å². The molecule has 2 heterocycles. The van der Waals surface area contributed by atoms with E-state index in [1.54, 1.807) is 30.3 Å². The van der Waals surface area contributed by atoms with Crippen LogP contribution in [0.25, 0.3) is 11.8 Å². The fourth-order valence-electron chi connectivity index (χ4n) is 2.99. The maximum Gasteiger partial charge on any atom is 0.335 e. The van der Waals surface area contributed by atoms with E-state index in [-0.39, 0.29) is 5.57 Å². The number of rotatable bonds is 3. The lowest BCUT2D eigenvalue weighted by atomic mass is 10.1. The molecule has 0 spiro atoms. The number of para-hydroxylation sites is 1. The van der Waals surface area contributed by atoms with Crippen molar-refractivity contribution < 1.29 is 14.4 Å². The monoisotopic (exact) mass is 435 g/mol. The lowest BCUT2D eigenvalue weighted by Crippen LogP contribution is -2.54. The molecule has 0 radical (unpaired) electrons. The fraction of sp³-hybridized carbons (Fsp3) is 0. The number of imide groups is 2. The fourth-order valence-corrected chi connectivity index (χ4v) is 3.38. The van der Waals surface area contributed by atoms with Gasteiger partial charge in [-0.05, 0) is 48.5 Å². The molecule has 4 amide bonds. The number of hydrogen-bond acceptors (Lipinski definition) is 3. The van der Waals surface area contributed by atoms with Crippen molar-refractivity contribution in [1.82, 2.24) is 9.88 Å². The van der Waals surface area contributed by atoms with Gasteiger partial charge in [0.2, 0.25) is 0 Å². The van der Waals surface area contributed by atoms with Gasteiger partial charge in [0.1, 0.15) is 5.57 Å². The normalized spacial score (nSPS) is 15.8. The molecule has 0 atom stereocenters. The van der Waals surface area contributed by atoms with Gasteiger partial charge in [0.25, 0.3) is 11.8 Å². The maximum atomic E-state index is 13.0. The molecule has 3 aromatic rings. The zero-order valence-corrected chi connectivity index (χ0v) is 16.1. The van der Waals surface area contributed by atoms with Gasteiger partial charge in [0.15, 0.2) is 0 Å². The van der Waals surface area contributed by atoms with Crippen LogP contribution in [0.4, 0.5) is 10.5 Å². The number of carbonyl (C=O) groups excluding carboxylic acids is 3. The second-order valence-corrected chi connectivity index (χ2v) is 6.99. The minimum absolute atomic E-state index is 0.115. The number of anilines is 1. The predicted molar refractivity (Wildman–Crippen MR) is 109 cm³/mol. The SMILES string of the molecule is O=C1NC(=O)N(c2cccc(Br)c2)C(=O)C1=Cc1cccn1-c1ccccc1. The molecule has 138 valence electrons. The summed E-state index contributed by atoms with van der Waals surface area (Å²) in [6, 6.07) is 19.1. The second kappa shape index (κ2) is 7.28. The molecule has 0 aliphatic carbocycles. The Hall–Kier alpha value is -3.45. The average molecular weight is 436 g/mol. The first-order chi connectivity index (χ1) is 13.5. The predicted octanol–water partition coefficient (Wildman–Crippen LogP) is 3.91. The summed E-state index contributed by atoms with van der Waals surface area (Å²) in [7, 11) is 0. The molecule has 1 saturated heterocycles. The molecule has 0 saturated carbocycles. The molecule has 2 aromatic carbocycles.